The van der Waals surface area contributed by atoms with Gasteiger partial charge in [-0.1, -0.05) is 24.3 Å². The van der Waals surface area contributed by atoms with E-state index in [2.05, 4.69) is 0 Å². The molecule has 0 aliphatic carbocycles. The molecule has 1 fully saturated rings. The van der Waals surface area contributed by atoms with E-state index in [0.29, 0.717) is 24.4 Å². The quantitative estimate of drug-likeness (QED) is 0.807. The summed E-state index contributed by atoms with van der Waals surface area (Å²) in [6, 6.07) is 12.5. The Morgan fingerprint density at radius 1 is 1.00 bits per heavy atom. The number of carbonyl (C=O) groups excluding carboxylic acids is 1. The highest BCUT2D eigenvalue weighted by Gasteiger charge is 2.32. The number of sulfonamides is 1. The summed E-state index contributed by atoms with van der Waals surface area (Å²) < 4.78 is 32.8. The Labute approximate surface area is 160 Å². The van der Waals surface area contributed by atoms with Gasteiger partial charge in [-0.25, -0.2) is 8.42 Å². The normalized spacial score (nSPS) is 15.6. The van der Waals surface area contributed by atoms with Gasteiger partial charge >= 0.3 is 0 Å². The maximum absolute atomic E-state index is 13.1. The molecule has 1 saturated heterocycles. The fraction of sp³-hybridized carbons (Fsp3) is 0.350. The smallest absolute Gasteiger partial charge is 0.254 e. The van der Waals surface area contributed by atoms with E-state index in [1.54, 1.807) is 23.1 Å². The van der Waals surface area contributed by atoms with Gasteiger partial charge < -0.3 is 9.64 Å². The van der Waals surface area contributed by atoms with Gasteiger partial charge in [-0.15, -0.1) is 0 Å². The molecule has 0 bridgehead atoms. The van der Waals surface area contributed by atoms with Crippen LogP contribution in [0.2, 0.25) is 0 Å². The summed E-state index contributed by atoms with van der Waals surface area (Å²) in [7, 11) is -2.22. The molecule has 0 unspecified atom stereocenters. The fourth-order valence-electron chi connectivity index (χ4n) is 3.24. The molecule has 0 spiro atoms. The number of piperazine rings is 1. The number of hydrogen-bond donors (Lipinski definition) is 0. The van der Waals surface area contributed by atoms with E-state index in [9.17, 15) is 13.2 Å². The zero-order valence-corrected chi connectivity index (χ0v) is 16.6. The maximum Gasteiger partial charge on any atom is 0.254 e. The minimum Gasteiger partial charge on any atom is -0.495 e. The molecule has 0 saturated carbocycles. The van der Waals surface area contributed by atoms with Crippen LogP contribution in [0.15, 0.2) is 47.4 Å². The zero-order valence-electron chi connectivity index (χ0n) is 15.8. The van der Waals surface area contributed by atoms with Crippen molar-refractivity contribution in [2.24, 2.45) is 0 Å². The standard InChI is InChI=1S/C20H24N2O4S/c1-15-8-9-18(26-3)19(14-15)27(24,25)22-12-10-21(11-13-22)20(23)17-7-5-4-6-16(17)2/h4-9,14H,10-13H2,1-3H3. The van der Waals surface area contributed by atoms with E-state index < -0.39 is 10.0 Å². The van der Waals surface area contributed by atoms with Crippen LogP contribution in [-0.2, 0) is 10.0 Å². The molecule has 2 aromatic rings. The van der Waals surface area contributed by atoms with Gasteiger partial charge in [0.25, 0.3) is 5.91 Å². The summed E-state index contributed by atoms with van der Waals surface area (Å²) in [5, 5.41) is 0. The average molecular weight is 388 g/mol. The molecule has 7 heteroatoms. The summed E-state index contributed by atoms with van der Waals surface area (Å²) in [6.45, 7) is 4.99. The molecule has 0 atom stereocenters. The molecule has 1 aliphatic rings. The van der Waals surface area contributed by atoms with Gasteiger partial charge in [-0.05, 0) is 43.2 Å². The van der Waals surface area contributed by atoms with Crippen molar-refractivity contribution in [3.63, 3.8) is 0 Å². The summed E-state index contributed by atoms with van der Waals surface area (Å²) >= 11 is 0. The molecule has 3 rings (SSSR count). The number of rotatable bonds is 4. The van der Waals surface area contributed by atoms with Crippen molar-refractivity contribution in [3.8, 4) is 5.75 Å². The maximum atomic E-state index is 13.1. The van der Waals surface area contributed by atoms with Gasteiger partial charge in [0, 0.05) is 31.7 Å². The summed E-state index contributed by atoms with van der Waals surface area (Å²) in [6.07, 6.45) is 0. The summed E-state index contributed by atoms with van der Waals surface area (Å²) in [5.74, 6) is 0.275. The molecule has 0 radical (unpaired) electrons. The highest BCUT2D eigenvalue weighted by molar-refractivity contribution is 7.89. The first kappa shape index (κ1) is 19.4. The Kier molecular flexibility index (Phi) is 5.53. The van der Waals surface area contributed by atoms with Crippen molar-refractivity contribution < 1.29 is 17.9 Å². The third-order valence-electron chi connectivity index (χ3n) is 4.84. The first-order chi connectivity index (χ1) is 12.8. The predicted octanol–water partition coefficient (Wildman–Crippen LogP) is 2.46. The van der Waals surface area contributed by atoms with Crippen LogP contribution in [0.25, 0.3) is 0 Å². The van der Waals surface area contributed by atoms with Crippen molar-refractivity contribution >= 4 is 15.9 Å². The van der Waals surface area contributed by atoms with Crippen LogP contribution in [-0.4, -0.2) is 56.8 Å². The van der Waals surface area contributed by atoms with E-state index in [-0.39, 0.29) is 23.9 Å². The molecule has 2 aromatic carbocycles. The largest absolute Gasteiger partial charge is 0.495 e. The molecule has 144 valence electrons. The Bertz CT molecular complexity index is 948. The van der Waals surface area contributed by atoms with Crippen LogP contribution in [0.3, 0.4) is 0 Å². The minimum absolute atomic E-state index is 0.0571. The van der Waals surface area contributed by atoms with E-state index in [0.717, 1.165) is 11.1 Å². The first-order valence-electron chi connectivity index (χ1n) is 8.84. The Hall–Kier alpha value is -2.38. The lowest BCUT2D eigenvalue weighted by atomic mass is 10.1. The number of nitrogens with zero attached hydrogens (tertiary/aromatic N) is 2. The predicted molar refractivity (Wildman–Crippen MR) is 104 cm³/mol. The van der Waals surface area contributed by atoms with E-state index in [4.69, 9.17) is 4.74 Å². The van der Waals surface area contributed by atoms with Crippen LogP contribution < -0.4 is 4.74 Å². The van der Waals surface area contributed by atoms with Crippen LogP contribution in [0, 0.1) is 13.8 Å². The number of hydrogen-bond acceptors (Lipinski definition) is 4. The molecule has 0 aromatic heterocycles. The third kappa shape index (κ3) is 3.84. The van der Waals surface area contributed by atoms with Gasteiger partial charge in [0.1, 0.15) is 10.6 Å². The molecular weight excluding hydrogens is 364 g/mol. The zero-order chi connectivity index (χ0) is 19.6. The number of carbonyl (C=O) groups is 1. The van der Waals surface area contributed by atoms with Crippen molar-refractivity contribution in [1.82, 2.24) is 9.21 Å². The van der Waals surface area contributed by atoms with E-state index in [1.165, 1.54) is 11.4 Å². The second kappa shape index (κ2) is 7.70. The molecule has 6 nitrogen and oxygen atoms in total. The number of ether oxygens (including phenoxy) is 1. The summed E-state index contributed by atoms with van der Waals surface area (Å²) in [5.41, 5.74) is 2.43. The van der Waals surface area contributed by atoms with Gasteiger partial charge in [0.15, 0.2) is 0 Å². The van der Waals surface area contributed by atoms with Gasteiger partial charge in [0.05, 0.1) is 7.11 Å². The molecular formula is C20H24N2O4S. The monoisotopic (exact) mass is 388 g/mol. The van der Waals surface area contributed by atoms with Crippen LogP contribution >= 0.6 is 0 Å². The van der Waals surface area contributed by atoms with Crippen molar-refractivity contribution in [2.75, 3.05) is 33.3 Å². The van der Waals surface area contributed by atoms with Crippen LogP contribution in [0.5, 0.6) is 5.75 Å². The molecule has 1 amide bonds. The van der Waals surface area contributed by atoms with Crippen LogP contribution in [0.4, 0.5) is 0 Å². The van der Waals surface area contributed by atoms with Gasteiger partial charge in [-0.3, -0.25) is 4.79 Å². The fourth-order valence-corrected chi connectivity index (χ4v) is 4.90. The Balaban J connectivity index is 1.76. The highest BCUT2D eigenvalue weighted by Crippen LogP contribution is 2.28. The minimum atomic E-state index is -3.68. The lowest BCUT2D eigenvalue weighted by molar-refractivity contribution is 0.0697. The SMILES string of the molecule is COc1ccc(C)cc1S(=O)(=O)N1CCN(C(=O)c2ccccc2C)CC1. The lowest BCUT2D eigenvalue weighted by Gasteiger charge is -2.34. The second-order valence-corrected chi connectivity index (χ2v) is 8.57. The lowest BCUT2D eigenvalue weighted by Crippen LogP contribution is -2.50. The number of benzene rings is 2. The number of aryl methyl sites for hydroxylation is 2. The highest BCUT2D eigenvalue weighted by atomic mass is 32.2. The van der Waals surface area contributed by atoms with Crippen LogP contribution in [0.1, 0.15) is 21.5 Å². The van der Waals surface area contributed by atoms with E-state index in [1.807, 2.05) is 38.1 Å². The third-order valence-corrected chi connectivity index (χ3v) is 6.76. The number of methoxy groups -OCH3 is 1. The molecule has 27 heavy (non-hydrogen) atoms. The number of amides is 1. The van der Waals surface area contributed by atoms with Crippen molar-refractivity contribution in [3.05, 3.63) is 59.2 Å². The Morgan fingerprint density at radius 3 is 2.30 bits per heavy atom. The molecule has 0 N–H and O–H groups in total. The second-order valence-electron chi connectivity index (χ2n) is 6.67. The molecule has 1 heterocycles. The first-order valence-corrected chi connectivity index (χ1v) is 10.3. The van der Waals surface area contributed by atoms with Gasteiger partial charge in [0.2, 0.25) is 10.0 Å². The molecule has 1 aliphatic heterocycles. The average Bonchev–Trinajstić information content (AvgIpc) is 2.68. The topological polar surface area (TPSA) is 66.9 Å². The van der Waals surface area contributed by atoms with Crippen molar-refractivity contribution in [1.29, 1.82) is 0 Å². The van der Waals surface area contributed by atoms with Crippen molar-refractivity contribution in [2.45, 2.75) is 18.7 Å². The summed E-state index contributed by atoms with van der Waals surface area (Å²) in [4.78, 5) is 14.6. The van der Waals surface area contributed by atoms with E-state index >= 15 is 0 Å². The van der Waals surface area contributed by atoms with Gasteiger partial charge in [-0.2, -0.15) is 4.31 Å². The Morgan fingerprint density at radius 2 is 1.67 bits per heavy atom.